The summed E-state index contributed by atoms with van der Waals surface area (Å²) in [6, 6.07) is 10.9. The van der Waals surface area contributed by atoms with E-state index in [2.05, 4.69) is 0 Å². The average molecular weight is 273 g/mol. The molecule has 0 saturated carbocycles. The molecule has 1 unspecified atom stereocenters. The van der Waals surface area contributed by atoms with Crippen molar-refractivity contribution in [1.82, 2.24) is 0 Å². The van der Waals surface area contributed by atoms with Gasteiger partial charge in [0.15, 0.2) is 12.4 Å². The topological polar surface area (TPSA) is 56.4 Å². The zero-order valence-electron chi connectivity index (χ0n) is 11.9. The van der Waals surface area contributed by atoms with E-state index in [1.165, 1.54) is 12.4 Å². The van der Waals surface area contributed by atoms with Crippen LogP contribution in [0.2, 0.25) is 0 Å². The van der Waals surface area contributed by atoms with Gasteiger partial charge in [-0.15, -0.1) is 0 Å². The van der Waals surface area contributed by atoms with Crippen molar-refractivity contribution in [2.75, 3.05) is 7.11 Å². The van der Waals surface area contributed by atoms with Gasteiger partial charge in [0, 0.05) is 22.6 Å². The third kappa shape index (κ3) is 2.60. The number of methoxy groups -OCH3 is 1. The van der Waals surface area contributed by atoms with Crippen LogP contribution in [0, 0.1) is 5.21 Å². The Morgan fingerprint density at radius 3 is 2.55 bits per heavy atom. The predicted octanol–water partition coefficient (Wildman–Crippen LogP) is 2.34. The smallest absolute Gasteiger partial charge is 0.184 e. The Morgan fingerprint density at radius 2 is 1.90 bits per heavy atom. The van der Waals surface area contributed by atoms with Gasteiger partial charge in [-0.2, -0.15) is 4.73 Å². The highest BCUT2D eigenvalue weighted by Crippen LogP contribution is 2.39. The highest BCUT2D eigenvalue weighted by atomic mass is 16.5. The van der Waals surface area contributed by atoms with E-state index in [-0.39, 0.29) is 0 Å². The van der Waals surface area contributed by atoms with Crippen LogP contribution in [-0.4, -0.2) is 12.2 Å². The van der Waals surface area contributed by atoms with Crippen LogP contribution in [0.1, 0.15) is 31.1 Å². The van der Waals surface area contributed by atoms with Gasteiger partial charge in [-0.25, -0.2) is 0 Å². The Hall–Kier alpha value is -2.07. The van der Waals surface area contributed by atoms with Crippen molar-refractivity contribution < 1.29 is 14.6 Å². The average Bonchev–Trinajstić information content (AvgIpc) is 2.46. The van der Waals surface area contributed by atoms with Gasteiger partial charge < -0.3 is 15.1 Å². The lowest BCUT2D eigenvalue weighted by molar-refractivity contribution is -0.606. The first kappa shape index (κ1) is 14.3. The van der Waals surface area contributed by atoms with E-state index in [4.69, 9.17) is 4.74 Å². The van der Waals surface area contributed by atoms with Crippen molar-refractivity contribution in [1.29, 1.82) is 0 Å². The van der Waals surface area contributed by atoms with Gasteiger partial charge in [-0.3, -0.25) is 0 Å². The van der Waals surface area contributed by atoms with Crippen LogP contribution in [0.5, 0.6) is 5.75 Å². The Balaban J connectivity index is 2.43. The number of hydrogen-bond acceptors (Lipinski definition) is 3. The molecule has 0 fully saturated rings. The molecule has 1 aromatic heterocycles. The highest BCUT2D eigenvalue weighted by Gasteiger charge is 2.34. The van der Waals surface area contributed by atoms with Crippen LogP contribution >= 0.6 is 0 Å². The molecule has 0 aliphatic carbocycles. The van der Waals surface area contributed by atoms with Crippen LogP contribution < -0.4 is 9.47 Å². The van der Waals surface area contributed by atoms with Crippen molar-refractivity contribution in [2.45, 2.75) is 25.4 Å². The maximum atomic E-state index is 11.4. The molecule has 4 nitrogen and oxygen atoms in total. The molecular weight excluding hydrogens is 254 g/mol. The molecule has 4 heteroatoms. The number of aliphatic hydroxyl groups excluding tert-OH is 1. The minimum absolute atomic E-state index is 0.609. The number of aliphatic hydroxyl groups is 1. The van der Waals surface area contributed by atoms with Crippen molar-refractivity contribution in [3.05, 3.63) is 65.1 Å². The fourth-order valence-electron chi connectivity index (χ4n) is 2.27. The fraction of sp³-hybridized carbons (Fsp3) is 0.312. The van der Waals surface area contributed by atoms with Gasteiger partial charge >= 0.3 is 0 Å². The summed E-state index contributed by atoms with van der Waals surface area (Å²) < 4.78 is 6.04. The van der Waals surface area contributed by atoms with Crippen LogP contribution in [0.3, 0.4) is 0 Å². The number of pyridine rings is 1. The van der Waals surface area contributed by atoms with Gasteiger partial charge in [0.25, 0.3) is 0 Å². The molecule has 0 saturated heterocycles. The monoisotopic (exact) mass is 273 g/mol. The van der Waals surface area contributed by atoms with E-state index in [0.717, 1.165) is 10.3 Å². The minimum atomic E-state index is -0.777. The van der Waals surface area contributed by atoms with Gasteiger partial charge in [-0.1, -0.05) is 32.0 Å². The van der Waals surface area contributed by atoms with E-state index in [9.17, 15) is 10.3 Å². The maximum Gasteiger partial charge on any atom is 0.184 e. The lowest BCUT2D eigenvalue weighted by Gasteiger charge is -2.31. The van der Waals surface area contributed by atoms with Crippen molar-refractivity contribution in [2.24, 2.45) is 0 Å². The summed E-state index contributed by atoms with van der Waals surface area (Å²) in [6.07, 6.45) is 2.13. The number of ether oxygens (including phenoxy) is 1. The number of para-hydroxylation sites is 1. The normalized spacial score (nSPS) is 13.0. The molecule has 1 aromatic carbocycles. The lowest BCUT2D eigenvalue weighted by Crippen LogP contribution is -2.32. The number of rotatable bonds is 4. The van der Waals surface area contributed by atoms with Crippen LogP contribution in [-0.2, 0) is 5.41 Å². The zero-order valence-corrected chi connectivity index (χ0v) is 11.9. The second-order valence-corrected chi connectivity index (χ2v) is 5.32. The molecule has 0 bridgehead atoms. The fourth-order valence-corrected chi connectivity index (χ4v) is 2.27. The minimum Gasteiger partial charge on any atom is -0.619 e. The maximum absolute atomic E-state index is 11.4. The second-order valence-electron chi connectivity index (χ2n) is 5.32. The van der Waals surface area contributed by atoms with Crippen LogP contribution in [0.25, 0.3) is 0 Å². The van der Waals surface area contributed by atoms with E-state index >= 15 is 0 Å². The molecule has 2 rings (SSSR count). The molecule has 20 heavy (non-hydrogen) atoms. The van der Waals surface area contributed by atoms with Crippen LogP contribution in [0.15, 0.2) is 48.8 Å². The standard InChI is InChI=1S/C16H19NO3/c1-16(2,12-7-6-10-17(19)11-12)15(18)13-8-4-5-9-14(13)20-3/h4-11,15,18H,1-3H3. The van der Waals surface area contributed by atoms with Gasteiger partial charge in [-0.05, 0) is 12.1 Å². The summed E-state index contributed by atoms with van der Waals surface area (Å²) in [5.41, 5.74) is 0.872. The predicted molar refractivity (Wildman–Crippen MR) is 76.4 cm³/mol. The highest BCUT2D eigenvalue weighted by molar-refractivity contribution is 5.38. The molecule has 0 aliphatic rings. The van der Waals surface area contributed by atoms with Gasteiger partial charge in [0.1, 0.15) is 5.75 Å². The van der Waals surface area contributed by atoms with E-state index in [0.29, 0.717) is 11.3 Å². The Bertz CT molecular complexity index is 596. The lowest BCUT2D eigenvalue weighted by atomic mass is 9.77. The molecule has 0 aliphatic heterocycles. The van der Waals surface area contributed by atoms with Gasteiger partial charge in [0.2, 0.25) is 0 Å². The molecule has 0 spiro atoms. The molecule has 1 N–H and O–H groups in total. The Labute approximate surface area is 118 Å². The number of hydrogen-bond donors (Lipinski definition) is 1. The van der Waals surface area contributed by atoms with Crippen molar-refractivity contribution >= 4 is 0 Å². The second kappa shape index (κ2) is 5.51. The zero-order chi connectivity index (χ0) is 14.8. The van der Waals surface area contributed by atoms with Crippen molar-refractivity contribution in [3.63, 3.8) is 0 Å². The summed E-state index contributed by atoms with van der Waals surface area (Å²) in [7, 11) is 1.58. The summed E-state index contributed by atoms with van der Waals surface area (Å²) in [5.74, 6) is 0.638. The summed E-state index contributed by atoms with van der Waals surface area (Å²) in [5, 5.41) is 22.1. The third-order valence-electron chi connectivity index (χ3n) is 3.64. The number of benzene rings is 1. The molecule has 106 valence electrons. The quantitative estimate of drug-likeness (QED) is 0.687. The summed E-state index contributed by atoms with van der Waals surface area (Å²) in [6.45, 7) is 3.80. The first-order chi connectivity index (χ1) is 9.46. The van der Waals surface area contributed by atoms with Crippen LogP contribution in [0.4, 0.5) is 0 Å². The molecule has 0 radical (unpaired) electrons. The molecule has 0 amide bonds. The molecule has 2 aromatic rings. The summed E-state index contributed by atoms with van der Waals surface area (Å²) >= 11 is 0. The summed E-state index contributed by atoms with van der Waals surface area (Å²) in [4.78, 5) is 0. The largest absolute Gasteiger partial charge is 0.619 e. The molecule has 1 heterocycles. The van der Waals surface area contributed by atoms with E-state index in [1.54, 1.807) is 13.2 Å². The number of aromatic nitrogens is 1. The number of nitrogens with zero attached hydrogens (tertiary/aromatic N) is 1. The Kier molecular flexibility index (Phi) is 3.95. The first-order valence-electron chi connectivity index (χ1n) is 6.47. The third-order valence-corrected chi connectivity index (χ3v) is 3.64. The van der Waals surface area contributed by atoms with E-state index in [1.807, 2.05) is 44.2 Å². The molecule has 1 atom stereocenters. The Morgan fingerprint density at radius 1 is 1.20 bits per heavy atom. The van der Waals surface area contributed by atoms with E-state index < -0.39 is 11.5 Å². The van der Waals surface area contributed by atoms with Crippen molar-refractivity contribution in [3.8, 4) is 5.75 Å². The molecular formula is C16H19NO3. The SMILES string of the molecule is COc1ccccc1C(O)C(C)(C)c1ccc[n+]([O-])c1. The van der Waals surface area contributed by atoms with Gasteiger partial charge in [0.05, 0.1) is 13.2 Å². The first-order valence-corrected chi connectivity index (χ1v) is 6.47.